The first-order valence-corrected chi connectivity index (χ1v) is 5.20. The molecule has 1 aromatic heterocycles. The molecule has 88 valence electrons. The number of ether oxygens (including phenoxy) is 2. The summed E-state index contributed by atoms with van der Waals surface area (Å²) in [6.07, 6.45) is 4.11. The van der Waals surface area contributed by atoms with Crippen molar-refractivity contribution in [3.8, 4) is 11.6 Å². The average Bonchev–Trinajstić information content (AvgIpc) is 2.33. The summed E-state index contributed by atoms with van der Waals surface area (Å²) in [5, 5.41) is 3.15. The molecule has 0 amide bonds. The van der Waals surface area contributed by atoms with E-state index in [9.17, 15) is 0 Å². The second kappa shape index (κ2) is 6.66. The predicted octanol–water partition coefficient (Wildman–Crippen LogP) is 1.87. The third-order valence-electron chi connectivity index (χ3n) is 1.86. The van der Waals surface area contributed by atoms with Crippen LogP contribution in [0.2, 0.25) is 0 Å². The van der Waals surface area contributed by atoms with Gasteiger partial charge in [0.2, 0.25) is 5.75 Å². The Morgan fingerprint density at radius 2 is 2.31 bits per heavy atom. The summed E-state index contributed by atoms with van der Waals surface area (Å²) in [7, 11) is 1.57. The molecule has 0 aliphatic carbocycles. The molecule has 0 aromatic carbocycles. The van der Waals surface area contributed by atoms with Gasteiger partial charge in [0.25, 0.3) is 5.88 Å². The van der Waals surface area contributed by atoms with Crippen LogP contribution in [0.3, 0.4) is 0 Å². The van der Waals surface area contributed by atoms with Crippen LogP contribution in [-0.4, -0.2) is 30.2 Å². The molecule has 0 atom stereocenters. The number of hydrogen-bond donors (Lipinski definition) is 1. The first-order chi connectivity index (χ1) is 7.83. The molecule has 0 aliphatic heterocycles. The van der Waals surface area contributed by atoms with Gasteiger partial charge in [-0.3, -0.25) is 0 Å². The summed E-state index contributed by atoms with van der Waals surface area (Å²) >= 11 is 0. The Balaban J connectivity index is 2.86. The van der Waals surface area contributed by atoms with Gasteiger partial charge in [-0.1, -0.05) is 19.6 Å². The van der Waals surface area contributed by atoms with Crippen LogP contribution in [0.5, 0.6) is 11.6 Å². The van der Waals surface area contributed by atoms with Gasteiger partial charge in [0.05, 0.1) is 7.11 Å². The van der Waals surface area contributed by atoms with Gasteiger partial charge >= 0.3 is 0 Å². The largest absolute Gasteiger partial charge is 0.489 e. The molecule has 5 heteroatoms. The van der Waals surface area contributed by atoms with Crippen LogP contribution in [0.1, 0.15) is 13.3 Å². The summed E-state index contributed by atoms with van der Waals surface area (Å²) in [5.74, 6) is 1.60. The Hall–Kier alpha value is -1.78. The third kappa shape index (κ3) is 3.12. The second-order valence-electron chi connectivity index (χ2n) is 3.09. The Bertz CT molecular complexity index is 342. The molecule has 5 nitrogen and oxygen atoms in total. The zero-order valence-corrected chi connectivity index (χ0v) is 9.69. The van der Waals surface area contributed by atoms with Gasteiger partial charge < -0.3 is 14.8 Å². The molecular formula is C11H17N3O2. The lowest BCUT2D eigenvalue weighted by molar-refractivity contribution is 0.313. The second-order valence-corrected chi connectivity index (χ2v) is 3.09. The topological polar surface area (TPSA) is 56.3 Å². The van der Waals surface area contributed by atoms with Crippen LogP contribution in [0.25, 0.3) is 0 Å². The molecule has 0 spiro atoms. The van der Waals surface area contributed by atoms with Crippen LogP contribution in [0.15, 0.2) is 19.0 Å². The minimum atomic E-state index is 0.389. The van der Waals surface area contributed by atoms with E-state index in [1.807, 2.05) is 0 Å². The Kier molecular flexibility index (Phi) is 5.11. The Morgan fingerprint density at radius 3 is 2.94 bits per heavy atom. The van der Waals surface area contributed by atoms with Gasteiger partial charge in [-0.25, -0.2) is 4.98 Å². The summed E-state index contributed by atoms with van der Waals surface area (Å²) in [5.41, 5.74) is 0. The molecule has 1 heterocycles. The van der Waals surface area contributed by atoms with Gasteiger partial charge in [0.1, 0.15) is 12.9 Å². The zero-order chi connectivity index (χ0) is 11.8. The van der Waals surface area contributed by atoms with Crippen molar-refractivity contribution in [3.63, 3.8) is 0 Å². The molecule has 1 aromatic rings. The minimum Gasteiger partial charge on any atom is -0.489 e. The fourth-order valence-electron chi connectivity index (χ4n) is 1.15. The molecule has 0 aliphatic rings. The fraction of sp³-hybridized carbons (Fsp3) is 0.455. The Labute approximate surface area is 95.5 Å². The molecule has 0 bridgehead atoms. The zero-order valence-electron chi connectivity index (χ0n) is 9.69. The maximum absolute atomic E-state index is 5.36. The van der Waals surface area contributed by atoms with E-state index in [-0.39, 0.29) is 0 Å². The molecule has 0 saturated carbocycles. The van der Waals surface area contributed by atoms with Crippen LogP contribution >= 0.6 is 0 Å². The SMILES string of the molecule is C=CCOc1ncnc(NCCC)c1OC. The monoisotopic (exact) mass is 223 g/mol. The van der Waals surface area contributed by atoms with Crippen LogP contribution in [-0.2, 0) is 0 Å². The van der Waals surface area contributed by atoms with Crippen molar-refractivity contribution < 1.29 is 9.47 Å². The van der Waals surface area contributed by atoms with E-state index in [4.69, 9.17) is 9.47 Å². The van der Waals surface area contributed by atoms with Gasteiger partial charge in [-0.2, -0.15) is 4.98 Å². The highest BCUT2D eigenvalue weighted by Gasteiger charge is 2.12. The number of hydrogen-bond acceptors (Lipinski definition) is 5. The molecule has 16 heavy (non-hydrogen) atoms. The van der Waals surface area contributed by atoms with Crippen LogP contribution < -0.4 is 14.8 Å². The van der Waals surface area contributed by atoms with E-state index in [0.29, 0.717) is 24.1 Å². The van der Waals surface area contributed by atoms with Gasteiger partial charge in [0.15, 0.2) is 5.82 Å². The lowest BCUT2D eigenvalue weighted by Gasteiger charge is -2.12. The lowest BCUT2D eigenvalue weighted by Crippen LogP contribution is -2.07. The molecule has 1 N–H and O–H groups in total. The van der Waals surface area contributed by atoms with Crippen molar-refractivity contribution in [1.29, 1.82) is 0 Å². The number of rotatable bonds is 7. The van der Waals surface area contributed by atoms with Gasteiger partial charge in [-0.05, 0) is 6.42 Å². The van der Waals surface area contributed by atoms with E-state index in [0.717, 1.165) is 13.0 Å². The molecule has 0 saturated heterocycles. The van der Waals surface area contributed by atoms with Crippen molar-refractivity contribution >= 4 is 5.82 Å². The van der Waals surface area contributed by atoms with E-state index in [2.05, 4.69) is 28.8 Å². The van der Waals surface area contributed by atoms with Gasteiger partial charge in [-0.15, -0.1) is 0 Å². The first kappa shape index (κ1) is 12.3. The summed E-state index contributed by atoms with van der Waals surface area (Å²) < 4.78 is 10.6. The molecule has 1 rings (SSSR count). The molecule has 0 radical (unpaired) electrons. The number of nitrogens with zero attached hydrogens (tertiary/aromatic N) is 2. The maximum atomic E-state index is 5.36. The fourth-order valence-corrected chi connectivity index (χ4v) is 1.15. The van der Waals surface area contributed by atoms with Crippen LogP contribution in [0.4, 0.5) is 5.82 Å². The standard InChI is InChI=1S/C11H17N3O2/c1-4-6-12-10-9(15-3)11(14-8-13-10)16-7-5-2/h5,8H,2,4,6-7H2,1,3H3,(H,12,13,14). The average molecular weight is 223 g/mol. The summed E-state index contributed by atoms with van der Waals surface area (Å²) in [6.45, 7) is 6.87. The number of anilines is 1. The van der Waals surface area contributed by atoms with Crippen molar-refractivity contribution in [1.82, 2.24) is 9.97 Å². The van der Waals surface area contributed by atoms with Gasteiger partial charge in [0, 0.05) is 6.54 Å². The number of aromatic nitrogens is 2. The van der Waals surface area contributed by atoms with Crippen molar-refractivity contribution in [3.05, 3.63) is 19.0 Å². The quantitative estimate of drug-likeness (QED) is 0.715. The smallest absolute Gasteiger partial charge is 0.262 e. The lowest BCUT2D eigenvalue weighted by atomic mass is 10.4. The highest BCUT2D eigenvalue weighted by molar-refractivity contribution is 5.54. The Morgan fingerprint density at radius 1 is 1.50 bits per heavy atom. The highest BCUT2D eigenvalue weighted by atomic mass is 16.5. The van der Waals surface area contributed by atoms with E-state index in [1.54, 1.807) is 13.2 Å². The maximum Gasteiger partial charge on any atom is 0.262 e. The number of nitrogens with one attached hydrogen (secondary N) is 1. The van der Waals surface area contributed by atoms with Crippen molar-refractivity contribution in [2.24, 2.45) is 0 Å². The molecule has 0 unspecified atom stereocenters. The van der Waals surface area contributed by atoms with E-state index in [1.165, 1.54) is 6.33 Å². The minimum absolute atomic E-state index is 0.389. The predicted molar refractivity (Wildman–Crippen MR) is 63.1 cm³/mol. The highest BCUT2D eigenvalue weighted by Crippen LogP contribution is 2.30. The van der Waals surface area contributed by atoms with Crippen molar-refractivity contribution in [2.75, 3.05) is 25.6 Å². The third-order valence-corrected chi connectivity index (χ3v) is 1.86. The summed E-state index contributed by atoms with van der Waals surface area (Å²) in [6, 6.07) is 0. The van der Waals surface area contributed by atoms with E-state index < -0.39 is 0 Å². The van der Waals surface area contributed by atoms with E-state index >= 15 is 0 Å². The first-order valence-electron chi connectivity index (χ1n) is 5.20. The molecular weight excluding hydrogens is 206 g/mol. The van der Waals surface area contributed by atoms with Crippen LogP contribution in [0, 0.1) is 0 Å². The number of methoxy groups -OCH3 is 1. The molecule has 0 fully saturated rings. The summed E-state index contributed by atoms with van der Waals surface area (Å²) in [4.78, 5) is 8.11. The normalized spacial score (nSPS) is 9.62. The van der Waals surface area contributed by atoms with Crippen molar-refractivity contribution in [2.45, 2.75) is 13.3 Å².